The molecule has 0 aliphatic rings. The van der Waals surface area contributed by atoms with Crippen LogP contribution in [-0.2, 0) is 0 Å². The fourth-order valence-corrected chi connectivity index (χ4v) is 1.40. The minimum absolute atomic E-state index is 0.469. The fourth-order valence-electron chi connectivity index (χ4n) is 1.26. The Morgan fingerprint density at radius 1 is 1.21 bits per heavy atom. The monoisotopic (exact) mass is 204 g/mol. The number of nitrogens with zero attached hydrogens (tertiary/aromatic N) is 2. The van der Waals surface area contributed by atoms with E-state index in [1.165, 1.54) is 5.56 Å². The zero-order valence-corrected chi connectivity index (χ0v) is 8.49. The third kappa shape index (κ3) is 1.91. The van der Waals surface area contributed by atoms with Crippen LogP contribution in [0.5, 0.6) is 0 Å². The van der Waals surface area contributed by atoms with E-state index in [0.29, 0.717) is 11.0 Å². The number of aryl methyl sites for hydroxylation is 1. The summed E-state index contributed by atoms with van der Waals surface area (Å²) in [5.41, 5.74) is 2.18. The van der Waals surface area contributed by atoms with Gasteiger partial charge < -0.3 is 0 Å². The summed E-state index contributed by atoms with van der Waals surface area (Å²) in [5.74, 6) is 0.668. The van der Waals surface area contributed by atoms with Gasteiger partial charge in [-0.1, -0.05) is 35.4 Å². The van der Waals surface area contributed by atoms with Crippen molar-refractivity contribution in [3.63, 3.8) is 0 Å². The minimum Gasteiger partial charge on any atom is -0.236 e. The topological polar surface area (TPSA) is 25.8 Å². The molecule has 0 fully saturated rings. The van der Waals surface area contributed by atoms with Gasteiger partial charge in [-0.3, -0.25) is 0 Å². The van der Waals surface area contributed by atoms with Gasteiger partial charge in [0.05, 0.1) is 0 Å². The van der Waals surface area contributed by atoms with E-state index in [4.69, 9.17) is 11.6 Å². The van der Waals surface area contributed by atoms with Gasteiger partial charge in [0.1, 0.15) is 5.15 Å². The van der Waals surface area contributed by atoms with Gasteiger partial charge in [-0.15, -0.1) is 0 Å². The van der Waals surface area contributed by atoms with Gasteiger partial charge >= 0.3 is 0 Å². The van der Waals surface area contributed by atoms with Crippen molar-refractivity contribution < 1.29 is 0 Å². The van der Waals surface area contributed by atoms with Gasteiger partial charge in [0.25, 0.3) is 0 Å². The Morgan fingerprint density at radius 2 is 2.07 bits per heavy atom. The number of benzene rings is 1. The average molecular weight is 205 g/mol. The Morgan fingerprint density at radius 3 is 2.79 bits per heavy atom. The first-order chi connectivity index (χ1) is 6.75. The molecule has 1 heterocycles. The van der Waals surface area contributed by atoms with Crippen LogP contribution in [0.3, 0.4) is 0 Å². The SMILES string of the molecule is Cc1cccc(-c2nccc(Cl)n2)c1. The summed E-state index contributed by atoms with van der Waals surface area (Å²) in [6.45, 7) is 2.04. The van der Waals surface area contributed by atoms with Crippen molar-refractivity contribution in [2.24, 2.45) is 0 Å². The lowest BCUT2D eigenvalue weighted by molar-refractivity contribution is 1.17. The van der Waals surface area contributed by atoms with Crippen molar-refractivity contribution in [2.45, 2.75) is 6.92 Å². The molecule has 0 radical (unpaired) electrons. The molecule has 0 amide bonds. The Hall–Kier alpha value is -1.41. The lowest BCUT2D eigenvalue weighted by atomic mass is 10.1. The van der Waals surface area contributed by atoms with Crippen molar-refractivity contribution in [1.29, 1.82) is 0 Å². The molecule has 2 nitrogen and oxygen atoms in total. The standard InChI is InChI=1S/C11H9ClN2/c1-8-3-2-4-9(7-8)11-13-6-5-10(12)14-11/h2-7H,1H3. The third-order valence-electron chi connectivity index (χ3n) is 1.90. The molecule has 0 saturated carbocycles. The highest BCUT2D eigenvalue weighted by Crippen LogP contribution is 2.17. The molecule has 0 N–H and O–H groups in total. The van der Waals surface area contributed by atoms with Crippen LogP contribution in [0.15, 0.2) is 36.5 Å². The molecule has 0 unspecified atom stereocenters. The molecule has 1 aromatic carbocycles. The van der Waals surface area contributed by atoms with Crippen LogP contribution >= 0.6 is 11.6 Å². The van der Waals surface area contributed by atoms with Gasteiger partial charge in [-0.25, -0.2) is 9.97 Å². The Balaban J connectivity index is 2.49. The normalized spacial score (nSPS) is 10.1. The summed E-state index contributed by atoms with van der Waals surface area (Å²) < 4.78 is 0. The maximum atomic E-state index is 5.78. The Labute approximate surface area is 87.6 Å². The molecular formula is C11H9ClN2. The largest absolute Gasteiger partial charge is 0.236 e. The number of aromatic nitrogens is 2. The first kappa shape index (κ1) is 9.16. The summed E-state index contributed by atoms with van der Waals surface area (Å²) in [6, 6.07) is 9.69. The number of hydrogen-bond acceptors (Lipinski definition) is 2. The zero-order chi connectivity index (χ0) is 9.97. The molecule has 14 heavy (non-hydrogen) atoms. The quantitative estimate of drug-likeness (QED) is 0.667. The highest BCUT2D eigenvalue weighted by Gasteiger charge is 2.00. The summed E-state index contributed by atoms with van der Waals surface area (Å²) in [6.07, 6.45) is 1.66. The van der Waals surface area contributed by atoms with Crippen LogP contribution in [0, 0.1) is 6.92 Å². The smallest absolute Gasteiger partial charge is 0.160 e. The van der Waals surface area contributed by atoms with Crippen LogP contribution in [-0.4, -0.2) is 9.97 Å². The van der Waals surface area contributed by atoms with E-state index in [9.17, 15) is 0 Å². The lowest BCUT2D eigenvalue weighted by Gasteiger charge is -2.00. The first-order valence-electron chi connectivity index (χ1n) is 4.31. The number of hydrogen-bond donors (Lipinski definition) is 0. The minimum atomic E-state index is 0.469. The lowest BCUT2D eigenvalue weighted by Crippen LogP contribution is -1.88. The fraction of sp³-hybridized carbons (Fsp3) is 0.0909. The molecular weight excluding hydrogens is 196 g/mol. The second-order valence-electron chi connectivity index (χ2n) is 3.07. The maximum Gasteiger partial charge on any atom is 0.160 e. The van der Waals surface area contributed by atoms with Gasteiger partial charge in [-0.05, 0) is 19.1 Å². The molecule has 0 saturated heterocycles. The summed E-state index contributed by atoms with van der Waals surface area (Å²) in [4.78, 5) is 8.29. The Kier molecular flexibility index (Phi) is 2.46. The van der Waals surface area contributed by atoms with Crippen LogP contribution in [0.25, 0.3) is 11.4 Å². The molecule has 0 bridgehead atoms. The van der Waals surface area contributed by atoms with Gasteiger partial charge in [0.2, 0.25) is 0 Å². The Bertz CT molecular complexity index is 411. The first-order valence-corrected chi connectivity index (χ1v) is 4.69. The van der Waals surface area contributed by atoms with Crippen LogP contribution in [0.2, 0.25) is 5.15 Å². The average Bonchev–Trinajstić information content (AvgIpc) is 2.18. The van der Waals surface area contributed by atoms with Gasteiger partial charge in [0.15, 0.2) is 5.82 Å². The van der Waals surface area contributed by atoms with E-state index in [-0.39, 0.29) is 0 Å². The van der Waals surface area contributed by atoms with Crippen molar-refractivity contribution in [2.75, 3.05) is 0 Å². The summed E-state index contributed by atoms with van der Waals surface area (Å²) in [5, 5.41) is 0.469. The van der Waals surface area contributed by atoms with Crippen molar-refractivity contribution >= 4 is 11.6 Å². The molecule has 2 rings (SSSR count). The van der Waals surface area contributed by atoms with Crippen LogP contribution in [0.1, 0.15) is 5.56 Å². The van der Waals surface area contributed by atoms with Crippen molar-refractivity contribution in [3.05, 3.63) is 47.2 Å². The van der Waals surface area contributed by atoms with E-state index in [1.807, 2.05) is 31.2 Å². The highest BCUT2D eigenvalue weighted by atomic mass is 35.5. The maximum absolute atomic E-state index is 5.78. The van der Waals surface area contributed by atoms with E-state index in [0.717, 1.165) is 5.56 Å². The highest BCUT2D eigenvalue weighted by molar-refractivity contribution is 6.29. The molecule has 0 aliphatic carbocycles. The van der Waals surface area contributed by atoms with Crippen molar-refractivity contribution in [1.82, 2.24) is 9.97 Å². The molecule has 0 spiro atoms. The zero-order valence-electron chi connectivity index (χ0n) is 7.74. The summed E-state index contributed by atoms with van der Waals surface area (Å²) >= 11 is 5.78. The second kappa shape index (κ2) is 3.76. The number of halogens is 1. The van der Waals surface area contributed by atoms with Gasteiger partial charge in [0, 0.05) is 11.8 Å². The molecule has 70 valence electrons. The summed E-state index contributed by atoms with van der Waals surface area (Å²) in [7, 11) is 0. The van der Waals surface area contributed by atoms with Crippen molar-refractivity contribution in [3.8, 4) is 11.4 Å². The number of rotatable bonds is 1. The molecule has 0 atom stereocenters. The van der Waals surface area contributed by atoms with E-state index in [2.05, 4.69) is 9.97 Å². The van der Waals surface area contributed by atoms with Crippen LogP contribution in [0.4, 0.5) is 0 Å². The van der Waals surface area contributed by atoms with Crippen LogP contribution < -0.4 is 0 Å². The predicted molar refractivity (Wildman–Crippen MR) is 57.2 cm³/mol. The van der Waals surface area contributed by atoms with E-state index in [1.54, 1.807) is 12.3 Å². The van der Waals surface area contributed by atoms with E-state index < -0.39 is 0 Å². The predicted octanol–water partition coefficient (Wildman–Crippen LogP) is 3.11. The molecule has 2 aromatic rings. The van der Waals surface area contributed by atoms with Gasteiger partial charge in [-0.2, -0.15) is 0 Å². The van der Waals surface area contributed by atoms with E-state index >= 15 is 0 Å². The molecule has 0 aliphatic heterocycles. The molecule has 1 aromatic heterocycles. The molecule has 3 heteroatoms. The third-order valence-corrected chi connectivity index (χ3v) is 2.11. The second-order valence-corrected chi connectivity index (χ2v) is 3.46.